The van der Waals surface area contributed by atoms with E-state index in [1.807, 2.05) is 0 Å². The van der Waals surface area contributed by atoms with Crippen molar-refractivity contribution in [3.8, 4) is 0 Å². The van der Waals surface area contributed by atoms with Crippen LogP contribution in [0.3, 0.4) is 0 Å². The number of benzene rings is 1. The van der Waals surface area contributed by atoms with E-state index in [0.717, 1.165) is 6.07 Å². The van der Waals surface area contributed by atoms with Gasteiger partial charge < -0.3 is 5.32 Å². The molecular formula is C18H20N4O5S. The number of aryl methyl sites for hydroxylation is 1. The molecule has 2 heterocycles. The Bertz CT molecular complexity index is 986. The molecule has 0 radical (unpaired) electrons. The second-order valence-electron chi connectivity index (χ2n) is 6.59. The summed E-state index contributed by atoms with van der Waals surface area (Å²) < 4.78 is 27.2. The van der Waals surface area contributed by atoms with E-state index >= 15 is 0 Å². The molecule has 3 rings (SSSR count). The van der Waals surface area contributed by atoms with Crippen LogP contribution in [0.25, 0.3) is 0 Å². The zero-order chi connectivity index (χ0) is 20.3. The zero-order valence-corrected chi connectivity index (χ0v) is 16.1. The molecule has 9 nitrogen and oxygen atoms in total. The van der Waals surface area contributed by atoms with Gasteiger partial charge in [-0.15, -0.1) is 0 Å². The number of piperidine rings is 1. The van der Waals surface area contributed by atoms with Crippen LogP contribution in [-0.4, -0.2) is 41.6 Å². The summed E-state index contributed by atoms with van der Waals surface area (Å²) in [5.74, 6) is -0.0586. The third-order valence-corrected chi connectivity index (χ3v) is 6.78. The number of non-ortho nitro benzene ring substituents is 1. The van der Waals surface area contributed by atoms with Crippen molar-refractivity contribution in [2.24, 2.45) is 5.92 Å². The van der Waals surface area contributed by atoms with E-state index in [1.165, 1.54) is 16.4 Å². The van der Waals surface area contributed by atoms with Crippen molar-refractivity contribution in [3.05, 3.63) is 58.3 Å². The minimum absolute atomic E-state index is 0.0712. The van der Waals surface area contributed by atoms with Crippen molar-refractivity contribution >= 4 is 27.4 Å². The molecule has 0 bridgehead atoms. The minimum Gasteiger partial charge on any atom is -0.310 e. The van der Waals surface area contributed by atoms with Gasteiger partial charge in [-0.1, -0.05) is 12.1 Å². The predicted octanol–water partition coefficient (Wildman–Crippen LogP) is 2.34. The highest BCUT2D eigenvalue weighted by molar-refractivity contribution is 7.89. The Labute approximate surface area is 162 Å². The number of nitrogens with zero attached hydrogens (tertiary/aromatic N) is 3. The van der Waals surface area contributed by atoms with Crippen LogP contribution in [0, 0.1) is 23.0 Å². The van der Waals surface area contributed by atoms with Crippen molar-refractivity contribution in [3.63, 3.8) is 0 Å². The Morgan fingerprint density at radius 3 is 2.57 bits per heavy atom. The van der Waals surface area contributed by atoms with E-state index in [-0.39, 0.29) is 35.5 Å². The number of carbonyl (C=O) groups is 1. The number of nitro groups is 1. The quantitative estimate of drug-likeness (QED) is 0.603. The summed E-state index contributed by atoms with van der Waals surface area (Å²) in [7, 11) is -3.87. The summed E-state index contributed by atoms with van der Waals surface area (Å²) >= 11 is 0. The van der Waals surface area contributed by atoms with Crippen LogP contribution < -0.4 is 5.32 Å². The van der Waals surface area contributed by atoms with Gasteiger partial charge in [-0.2, -0.15) is 4.31 Å². The molecule has 0 unspecified atom stereocenters. The van der Waals surface area contributed by atoms with Gasteiger partial charge in [-0.25, -0.2) is 13.4 Å². The molecule has 1 aliphatic rings. The number of hydrogen-bond acceptors (Lipinski definition) is 6. The van der Waals surface area contributed by atoms with Gasteiger partial charge in [0.25, 0.3) is 5.69 Å². The molecule has 0 aliphatic carbocycles. The Balaban J connectivity index is 1.69. The maximum atomic E-state index is 12.9. The van der Waals surface area contributed by atoms with Gasteiger partial charge >= 0.3 is 0 Å². The lowest BCUT2D eigenvalue weighted by molar-refractivity contribution is -0.385. The number of nitrogens with one attached hydrogen (secondary N) is 1. The largest absolute Gasteiger partial charge is 0.310 e. The molecule has 2 aromatic rings. The van der Waals surface area contributed by atoms with Crippen LogP contribution in [-0.2, 0) is 14.8 Å². The Kier molecular flexibility index (Phi) is 5.71. The predicted molar refractivity (Wildman–Crippen MR) is 102 cm³/mol. The van der Waals surface area contributed by atoms with Gasteiger partial charge in [-0.05, 0) is 37.5 Å². The molecular weight excluding hydrogens is 384 g/mol. The lowest BCUT2D eigenvalue weighted by Gasteiger charge is -2.30. The SMILES string of the molecule is Cc1ccc([N+](=O)[O-])cc1S(=O)(=O)N1CCC(C(=O)Nc2ccccn2)CC1. The second kappa shape index (κ2) is 8.03. The number of rotatable bonds is 5. The Hall–Kier alpha value is -2.85. The number of hydrogen-bond donors (Lipinski definition) is 1. The van der Waals surface area contributed by atoms with Crippen molar-refractivity contribution in [1.82, 2.24) is 9.29 Å². The summed E-state index contributed by atoms with van der Waals surface area (Å²) in [5, 5.41) is 13.7. The molecule has 1 saturated heterocycles. The summed E-state index contributed by atoms with van der Waals surface area (Å²) in [4.78, 5) is 26.7. The highest BCUT2D eigenvalue weighted by atomic mass is 32.2. The van der Waals surface area contributed by atoms with E-state index in [4.69, 9.17) is 0 Å². The van der Waals surface area contributed by atoms with Gasteiger partial charge in [0.15, 0.2) is 0 Å². The van der Waals surface area contributed by atoms with Crippen LogP contribution in [0.15, 0.2) is 47.5 Å². The van der Waals surface area contributed by atoms with E-state index in [0.29, 0.717) is 24.2 Å². The monoisotopic (exact) mass is 404 g/mol. The molecule has 1 aromatic carbocycles. The molecule has 1 amide bonds. The van der Waals surface area contributed by atoms with Crippen LogP contribution >= 0.6 is 0 Å². The van der Waals surface area contributed by atoms with Crippen molar-refractivity contribution in [2.75, 3.05) is 18.4 Å². The fraction of sp³-hybridized carbons (Fsp3) is 0.333. The summed E-state index contributed by atoms with van der Waals surface area (Å²) in [6.45, 7) is 1.94. The van der Waals surface area contributed by atoms with Gasteiger partial charge in [-0.3, -0.25) is 14.9 Å². The smallest absolute Gasteiger partial charge is 0.270 e. The molecule has 148 valence electrons. The molecule has 0 saturated carbocycles. The van der Waals surface area contributed by atoms with Crippen molar-refractivity contribution in [1.29, 1.82) is 0 Å². The minimum atomic E-state index is -3.87. The number of aromatic nitrogens is 1. The molecule has 1 fully saturated rings. The van der Waals surface area contributed by atoms with E-state index in [9.17, 15) is 23.3 Å². The number of pyridine rings is 1. The molecule has 1 aromatic heterocycles. The normalized spacial score (nSPS) is 15.9. The molecule has 28 heavy (non-hydrogen) atoms. The third-order valence-electron chi connectivity index (χ3n) is 4.74. The summed E-state index contributed by atoms with van der Waals surface area (Å²) in [6, 6.07) is 8.99. The molecule has 1 N–H and O–H groups in total. The maximum Gasteiger partial charge on any atom is 0.270 e. The number of anilines is 1. The fourth-order valence-corrected chi connectivity index (χ4v) is 4.86. The van der Waals surface area contributed by atoms with Gasteiger partial charge in [0.2, 0.25) is 15.9 Å². The standard InChI is InChI=1S/C18H20N4O5S/c1-13-5-6-15(22(24)25)12-16(13)28(26,27)21-10-7-14(8-11-21)18(23)20-17-4-2-3-9-19-17/h2-6,9,12,14H,7-8,10-11H2,1H3,(H,19,20,23). The van der Waals surface area contributed by atoms with Crippen LogP contribution in [0.4, 0.5) is 11.5 Å². The lowest BCUT2D eigenvalue weighted by atomic mass is 9.97. The van der Waals surface area contributed by atoms with Crippen molar-refractivity contribution < 1.29 is 18.1 Å². The van der Waals surface area contributed by atoms with Crippen LogP contribution in [0.1, 0.15) is 18.4 Å². The van der Waals surface area contributed by atoms with Gasteiger partial charge in [0.1, 0.15) is 5.82 Å². The van der Waals surface area contributed by atoms with Gasteiger partial charge in [0, 0.05) is 37.3 Å². The average molecular weight is 404 g/mol. The first-order valence-electron chi connectivity index (χ1n) is 8.76. The Morgan fingerprint density at radius 2 is 1.96 bits per heavy atom. The van der Waals surface area contributed by atoms with E-state index < -0.39 is 14.9 Å². The van der Waals surface area contributed by atoms with Gasteiger partial charge in [0.05, 0.1) is 9.82 Å². The first-order chi connectivity index (χ1) is 13.3. The highest BCUT2D eigenvalue weighted by Gasteiger charge is 2.33. The maximum absolute atomic E-state index is 12.9. The topological polar surface area (TPSA) is 123 Å². The summed E-state index contributed by atoms with van der Waals surface area (Å²) in [6.07, 6.45) is 2.31. The highest BCUT2D eigenvalue weighted by Crippen LogP contribution is 2.28. The molecule has 10 heteroatoms. The Morgan fingerprint density at radius 1 is 1.25 bits per heavy atom. The summed E-state index contributed by atoms with van der Waals surface area (Å²) in [5.41, 5.74) is 0.175. The molecule has 1 aliphatic heterocycles. The van der Waals surface area contributed by atoms with Crippen LogP contribution in [0.2, 0.25) is 0 Å². The number of carbonyl (C=O) groups excluding carboxylic acids is 1. The van der Waals surface area contributed by atoms with Crippen LogP contribution in [0.5, 0.6) is 0 Å². The second-order valence-corrected chi connectivity index (χ2v) is 8.50. The third kappa shape index (κ3) is 4.18. The number of nitro benzene ring substituents is 1. The zero-order valence-electron chi connectivity index (χ0n) is 15.2. The number of amides is 1. The number of sulfonamides is 1. The first kappa shape index (κ1) is 19.9. The lowest BCUT2D eigenvalue weighted by Crippen LogP contribution is -2.41. The first-order valence-corrected chi connectivity index (χ1v) is 10.2. The van der Waals surface area contributed by atoms with Crippen molar-refractivity contribution in [2.45, 2.75) is 24.7 Å². The van der Waals surface area contributed by atoms with E-state index in [1.54, 1.807) is 31.3 Å². The average Bonchev–Trinajstić information content (AvgIpc) is 2.69. The fourth-order valence-electron chi connectivity index (χ4n) is 3.14. The molecule has 0 atom stereocenters. The molecule has 0 spiro atoms. The van der Waals surface area contributed by atoms with E-state index in [2.05, 4.69) is 10.3 Å².